The minimum absolute atomic E-state index is 0.0449. The second-order valence-corrected chi connectivity index (χ2v) is 24.4. The number of aliphatic hydroxyl groups excluding tert-OH is 1. The van der Waals surface area contributed by atoms with Crippen LogP contribution in [-0.4, -0.2) is 172 Å². The summed E-state index contributed by atoms with van der Waals surface area (Å²) in [5.41, 5.74) is 25.2. The maximum Gasteiger partial charge on any atom is 0.326 e. The fourth-order valence-electron chi connectivity index (χ4n) is 10.8. The molecule has 97 heavy (non-hydrogen) atoms. The molecule has 28 heteroatoms. The van der Waals surface area contributed by atoms with Crippen LogP contribution in [0, 0.1) is 11.8 Å². The Hall–Kier alpha value is -10.1. The van der Waals surface area contributed by atoms with Gasteiger partial charge in [-0.2, -0.15) is 0 Å². The van der Waals surface area contributed by atoms with Gasteiger partial charge in [-0.05, 0) is 104 Å². The fourth-order valence-corrected chi connectivity index (χ4v) is 10.8. The minimum Gasteiger partial charge on any atom is -0.481 e. The van der Waals surface area contributed by atoms with E-state index >= 15 is 0 Å². The van der Waals surface area contributed by atoms with Gasteiger partial charge in [-0.25, -0.2) is 4.79 Å². The molecule has 0 unspecified atom stereocenters. The van der Waals surface area contributed by atoms with E-state index in [1.54, 1.807) is 149 Å². The lowest BCUT2D eigenvalue weighted by Crippen LogP contribution is -2.61. The van der Waals surface area contributed by atoms with Crippen molar-refractivity contribution in [3.05, 3.63) is 137 Å². The van der Waals surface area contributed by atoms with Crippen LogP contribution in [0.5, 0.6) is 0 Å². The number of hydrogen-bond donors (Lipinski definition) is 15. The number of nitrogens with two attached hydrogens (primary N) is 4. The maximum absolute atomic E-state index is 14.7. The number of aliphatic imine (C=N–C) groups is 1. The molecule has 0 saturated carbocycles. The van der Waals surface area contributed by atoms with E-state index in [9.17, 15) is 68.1 Å². The standard InChI is InChI=1S/C69H94N14O14/c1-5-42(4)58(66(94)76-50(29-18-34-74-69(72)73)60(88)77-51(68(96)97)28-16-17-33-70)82-64(92)54(38-44-22-10-7-11-23-44)79-61(89)52(36-41(2)3)78-63(91)55(39-57(85)86)80-62(90)53(37-43-20-8-6-9-21-43)81-65(93)56-30-19-35-83(56)67(95)47-26-14-12-24-45(47)31-32-46-25-13-15-27-49(46)75-59(87)48(71)40-84/h6-15,20-27,31-32,41-42,48,50-56,58,84H,5,16-19,28-30,33-40,70-71H2,1-4H3,(H,75,87)(H,76,94)(H,77,88)(H,78,91)(H,79,89)(H,80,90)(H,81,93)(H,82,92)(H,85,86)(H,96,97)(H4,72,73,74)/b32-31-/t42-,48-,50-,51-,52-,53-,54-,55-,56-,58-/m0/s1. The zero-order valence-electron chi connectivity index (χ0n) is 55.2. The zero-order valence-corrected chi connectivity index (χ0v) is 55.2. The summed E-state index contributed by atoms with van der Waals surface area (Å²) in [6.45, 7) is 6.93. The lowest BCUT2D eigenvalue weighted by Gasteiger charge is -2.30. The van der Waals surface area contributed by atoms with Crippen molar-refractivity contribution in [3.8, 4) is 0 Å². The van der Waals surface area contributed by atoms with Crippen molar-refractivity contribution in [3.63, 3.8) is 0 Å². The number of aliphatic hydroxyl groups is 1. The molecule has 4 aromatic rings. The van der Waals surface area contributed by atoms with Gasteiger partial charge >= 0.3 is 11.9 Å². The molecule has 10 atom stereocenters. The third-order valence-corrected chi connectivity index (χ3v) is 16.3. The van der Waals surface area contributed by atoms with Crippen LogP contribution >= 0.6 is 0 Å². The fraction of sp³-hybridized carbons (Fsp3) is 0.449. The van der Waals surface area contributed by atoms with Crippen LogP contribution in [0.1, 0.15) is 125 Å². The molecular weight excluding hydrogens is 1250 g/mol. The van der Waals surface area contributed by atoms with E-state index in [0.717, 1.165) is 0 Å². The van der Waals surface area contributed by atoms with E-state index < -0.39 is 138 Å². The Labute approximate surface area is 564 Å². The SMILES string of the molecule is CC[C@H](C)[C@H](NC(=O)[C@H](Cc1ccccc1)NC(=O)[C@H](CC(C)C)NC(=O)[C@H](CC(=O)O)NC(=O)[C@H](Cc1ccccc1)NC(=O)[C@@H]1CCCN1C(=O)c1ccccc1/C=C\c1ccccc1NC(=O)[C@@H](N)CO)C(=O)N[C@@H](CCCN=C(N)N)C(=O)N[C@@H](CCCCN)C(=O)O. The van der Waals surface area contributed by atoms with Gasteiger partial charge in [0.15, 0.2) is 5.96 Å². The van der Waals surface area contributed by atoms with Crippen molar-refractivity contribution < 1.29 is 68.1 Å². The van der Waals surface area contributed by atoms with Crippen LogP contribution < -0.4 is 65.5 Å². The van der Waals surface area contributed by atoms with Crippen LogP contribution in [0.3, 0.4) is 0 Å². The number of para-hydroxylation sites is 1. The first-order valence-corrected chi connectivity index (χ1v) is 32.6. The summed E-state index contributed by atoms with van der Waals surface area (Å²) in [6, 6.07) is 18.2. The molecule has 0 radical (unpaired) electrons. The Morgan fingerprint density at radius 2 is 1.11 bits per heavy atom. The molecule has 1 saturated heterocycles. The van der Waals surface area contributed by atoms with Gasteiger partial charge in [-0.15, -0.1) is 0 Å². The number of rotatable bonds is 39. The number of hydrogen-bond acceptors (Lipinski definition) is 15. The largest absolute Gasteiger partial charge is 0.481 e. The van der Waals surface area contributed by atoms with Gasteiger partial charge in [-0.3, -0.25) is 52.9 Å². The molecule has 9 amide bonds. The van der Waals surface area contributed by atoms with Crippen molar-refractivity contribution >= 4 is 88.9 Å². The number of carbonyl (C=O) groups excluding carboxylic acids is 9. The first-order chi connectivity index (χ1) is 46.3. The summed E-state index contributed by atoms with van der Waals surface area (Å²) < 4.78 is 0. The van der Waals surface area contributed by atoms with Crippen LogP contribution in [0.2, 0.25) is 0 Å². The highest BCUT2D eigenvalue weighted by atomic mass is 16.4. The summed E-state index contributed by atoms with van der Waals surface area (Å²) in [6.07, 6.45) is 4.07. The molecule has 524 valence electrons. The van der Waals surface area contributed by atoms with Crippen molar-refractivity contribution in [2.75, 3.05) is 31.6 Å². The number of amides is 9. The number of carboxylic acids is 2. The van der Waals surface area contributed by atoms with Crippen LogP contribution in [0.15, 0.2) is 114 Å². The normalized spacial score (nSPS) is 15.5. The summed E-state index contributed by atoms with van der Waals surface area (Å²) in [5.74, 6) is -11.1. The molecule has 0 bridgehead atoms. The first-order valence-electron chi connectivity index (χ1n) is 32.6. The van der Waals surface area contributed by atoms with Crippen LogP contribution in [-0.2, 0) is 60.8 Å². The van der Waals surface area contributed by atoms with Gasteiger partial charge < -0.3 is 85.7 Å². The van der Waals surface area contributed by atoms with Crippen molar-refractivity contribution in [2.45, 2.75) is 159 Å². The van der Waals surface area contributed by atoms with Gasteiger partial charge in [0.25, 0.3) is 5.91 Å². The number of carboxylic acid groups (broad SMARTS) is 2. The third-order valence-electron chi connectivity index (χ3n) is 16.3. The quantitative estimate of drug-likeness (QED) is 0.0130. The molecule has 28 nitrogen and oxygen atoms in total. The number of unbranched alkanes of at least 4 members (excludes halogenated alkanes) is 1. The van der Waals surface area contributed by atoms with Gasteiger partial charge in [0.1, 0.15) is 54.4 Å². The highest BCUT2D eigenvalue weighted by Gasteiger charge is 2.40. The number of anilines is 1. The van der Waals surface area contributed by atoms with Crippen molar-refractivity contribution in [2.24, 2.45) is 39.8 Å². The average molecular weight is 1340 g/mol. The van der Waals surface area contributed by atoms with Gasteiger partial charge in [0.05, 0.1) is 13.0 Å². The summed E-state index contributed by atoms with van der Waals surface area (Å²) in [5, 5.41) is 50.8. The van der Waals surface area contributed by atoms with Gasteiger partial charge in [-0.1, -0.05) is 143 Å². The van der Waals surface area contributed by atoms with E-state index in [-0.39, 0.29) is 75.5 Å². The van der Waals surface area contributed by atoms with Crippen LogP contribution in [0.25, 0.3) is 12.2 Å². The molecule has 19 N–H and O–H groups in total. The summed E-state index contributed by atoms with van der Waals surface area (Å²) in [7, 11) is 0. The highest BCUT2D eigenvalue weighted by molar-refractivity contribution is 6.03. The second-order valence-electron chi connectivity index (χ2n) is 24.4. The second kappa shape index (κ2) is 39.7. The average Bonchev–Trinajstić information content (AvgIpc) is 1.77. The van der Waals surface area contributed by atoms with Crippen molar-refractivity contribution in [1.29, 1.82) is 0 Å². The monoisotopic (exact) mass is 1340 g/mol. The molecular formula is C69H94N14O14. The van der Waals surface area contributed by atoms with E-state index in [4.69, 9.17) is 22.9 Å². The van der Waals surface area contributed by atoms with Gasteiger partial charge in [0.2, 0.25) is 47.3 Å². The molecule has 4 aromatic carbocycles. The Balaban J connectivity index is 1.38. The zero-order chi connectivity index (χ0) is 71.1. The lowest BCUT2D eigenvalue weighted by molar-refractivity contribution is -0.142. The molecule has 5 rings (SSSR count). The Bertz CT molecular complexity index is 3390. The number of guanidine groups is 1. The lowest BCUT2D eigenvalue weighted by atomic mass is 9.96. The number of benzene rings is 4. The number of nitrogens with zero attached hydrogens (tertiary/aromatic N) is 2. The third kappa shape index (κ3) is 25.2. The predicted octanol–water partition coefficient (Wildman–Crippen LogP) is 1.43. The Kier molecular flexibility index (Phi) is 31.8. The summed E-state index contributed by atoms with van der Waals surface area (Å²) in [4.78, 5) is 159. The Morgan fingerprint density at radius 3 is 1.71 bits per heavy atom. The van der Waals surface area contributed by atoms with E-state index in [1.165, 1.54) is 4.90 Å². The molecule has 1 aliphatic heterocycles. The molecule has 1 heterocycles. The van der Waals surface area contributed by atoms with Crippen LogP contribution in [0.4, 0.5) is 5.69 Å². The Morgan fingerprint density at radius 1 is 0.598 bits per heavy atom. The van der Waals surface area contributed by atoms with Gasteiger partial charge in [0, 0.05) is 37.2 Å². The molecule has 0 aromatic heterocycles. The number of likely N-dealkylation sites (tertiary alicyclic amines) is 1. The van der Waals surface area contributed by atoms with Crippen molar-refractivity contribution in [1.82, 2.24) is 42.1 Å². The van der Waals surface area contributed by atoms with E-state index in [0.29, 0.717) is 60.2 Å². The molecule has 1 fully saturated rings. The predicted molar refractivity (Wildman–Crippen MR) is 365 cm³/mol. The molecule has 1 aliphatic rings. The topological polar surface area (TPSA) is 464 Å². The van der Waals surface area contributed by atoms with E-state index in [1.807, 2.05) is 0 Å². The molecule has 0 spiro atoms. The minimum atomic E-state index is -1.85. The number of carbonyl (C=O) groups is 11. The highest BCUT2D eigenvalue weighted by Crippen LogP contribution is 2.26. The first kappa shape index (κ1) is 77.6. The number of aliphatic carboxylic acids is 2. The smallest absolute Gasteiger partial charge is 0.326 e. The maximum atomic E-state index is 14.7. The molecule has 0 aliphatic carbocycles. The number of nitrogens with one attached hydrogen (secondary N) is 8. The van der Waals surface area contributed by atoms with E-state index in [2.05, 4.69) is 47.5 Å². The summed E-state index contributed by atoms with van der Waals surface area (Å²) >= 11 is 0.